The van der Waals surface area contributed by atoms with Crippen molar-refractivity contribution in [2.75, 3.05) is 7.11 Å². The Morgan fingerprint density at radius 1 is 1.60 bits per heavy atom. The van der Waals surface area contributed by atoms with Crippen molar-refractivity contribution in [2.24, 2.45) is 5.92 Å². The van der Waals surface area contributed by atoms with Crippen molar-refractivity contribution in [3.63, 3.8) is 0 Å². The molecule has 1 rings (SSSR count). The van der Waals surface area contributed by atoms with Crippen LogP contribution >= 0.6 is 0 Å². The molecule has 1 aliphatic carbocycles. The highest BCUT2D eigenvalue weighted by Gasteiger charge is 2.17. The van der Waals surface area contributed by atoms with E-state index in [1.807, 2.05) is 13.0 Å². The van der Waals surface area contributed by atoms with Crippen LogP contribution < -0.4 is 0 Å². The molecule has 0 radical (unpaired) electrons. The van der Waals surface area contributed by atoms with Crippen molar-refractivity contribution in [1.29, 1.82) is 0 Å². The van der Waals surface area contributed by atoms with Gasteiger partial charge in [0.15, 0.2) is 0 Å². The molecule has 0 aromatic heterocycles. The van der Waals surface area contributed by atoms with Gasteiger partial charge in [0.25, 0.3) is 0 Å². The monoisotopic (exact) mass is 140 g/mol. The molecule has 0 aliphatic heterocycles. The summed E-state index contributed by atoms with van der Waals surface area (Å²) in [5, 5.41) is 0. The quantitative estimate of drug-likeness (QED) is 0.552. The van der Waals surface area contributed by atoms with Gasteiger partial charge in [-0.1, -0.05) is 6.92 Å². The number of ether oxygens (including phenoxy) is 1. The average molecular weight is 140 g/mol. The lowest BCUT2D eigenvalue weighted by molar-refractivity contribution is -0.121. The third-order valence-corrected chi connectivity index (χ3v) is 1.82. The number of rotatable bonds is 1. The highest BCUT2D eigenvalue weighted by Crippen LogP contribution is 2.19. The lowest BCUT2D eigenvalue weighted by Gasteiger charge is -2.15. The Kier molecular flexibility index (Phi) is 2.10. The van der Waals surface area contributed by atoms with E-state index in [9.17, 15) is 4.79 Å². The Morgan fingerprint density at radius 3 is 2.80 bits per heavy atom. The SMILES string of the molecule is COC1=CC(C)C(=O)CC1. The first-order valence-corrected chi connectivity index (χ1v) is 3.51. The summed E-state index contributed by atoms with van der Waals surface area (Å²) in [4.78, 5) is 11.0. The van der Waals surface area contributed by atoms with E-state index < -0.39 is 0 Å². The van der Waals surface area contributed by atoms with E-state index in [-0.39, 0.29) is 5.92 Å². The molecule has 1 aliphatic rings. The summed E-state index contributed by atoms with van der Waals surface area (Å²) in [6.45, 7) is 1.90. The third-order valence-electron chi connectivity index (χ3n) is 1.82. The van der Waals surface area contributed by atoms with Gasteiger partial charge in [0, 0.05) is 18.8 Å². The zero-order valence-corrected chi connectivity index (χ0v) is 6.39. The first-order chi connectivity index (χ1) is 4.74. The van der Waals surface area contributed by atoms with Crippen LogP contribution in [0.2, 0.25) is 0 Å². The van der Waals surface area contributed by atoms with Gasteiger partial charge in [-0.05, 0) is 6.08 Å². The molecule has 0 saturated carbocycles. The molecule has 0 heterocycles. The van der Waals surface area contributed by atoms with E-state index in [1.165, 1.54) is 0 Å². The van der Waals surface area contributed by atoms with Crippen LogP contribution in [0.1, 0.15) is 19.8 Å². The number of Topliss-reactive ketones (excluding diaryl/α,β-unsaturated/α-hetero) is 1. The molecule has 0 aromatic rings. The van der Waals surface area contributed by atoms with E-state index in [1.54, 1.807) is 7.11 Å². The second-order valence-corrected chi connectivity index (χ2v) is 2.59. The fraction of sp³-hybridized carbons (Fsp3) is 0.625. The molecular formula is C8H12O2. The summed E-state index contributed by atoms with van der Waals surface area (Å²) >= 11 is 0. The fourth-order valence-electron chi connectivity index (χ4n) is 1.10. The average Bonchev–Trinajstić information content (AvgIpc) is 1.95. The van der Waals surface area contributed by atoms with Gasteiger partial charge in [-0.25, -0.2) is 0 Å². The minimum absolute atomic E-state index is 0.0590. The third kappa shape index (κ3) is 1.38. The molecule has 0 fully saturated rings. The standard InChI is InChI=1S/C8H12O2/c1-6-5-7(10-2)3-4-8(6)9/h5-6H,3-4H2,1-2H3. The minimum Gasteiger partial charge on any atom is -0.501 e. The molecule has 2 nitrogen and oxygen atoms in total. The van der Waals surface area contributed by atoms with Gasteiger partial charge in [0.05, 0.1) is 12.9 Å². The number of allylic oxidation sites excluding steroid dienone is 2. The normalized spacial score (nSPS) is 26.0. The molecule has 56 valence electrons. The molecule has 0 amide bonds. The number of ketones is 1. The molecule has 0 saturated heterocycles. The van der Waals surface area contributed by atoms with E-state index in [0.29, 0.717) is 12.2 Å². The van der Waals surface area contributed by atoms with Crippen LogP contribution in [0.25, 0.3) is 0 Å². The molecule has 0 spiro atoms. The molecular weight excluding hydrogens is 128 g/mol. The number of hydrogen-bond donors (Lipinski definition) is 0. The Bertz CT molecular complexity index is 170. The van der Waals surface area contributed by atoms with Crippen LogP contribution in [-0.4, -0.2) is 12.9 Å². The predicted molar refractivity (Wildman–Crippen MR) is 38.5 cm³/mol. The van der Waals surface area contributed by atoms with Crippen LogP contribution in [0.5, 0.6) is 0 Å². The summed E-state index contributed by atoms with van der Waals surface area (Å²) in [6.07, 6.45) is 3.31. The largest absolute Gasteiger partial charge is 0.501 e. The zero-order chi connectivity index (χ0) is 7.56. The van der Waals surface area contributed by atoms with E-state index in [0.717, 1.165) is 12.2 Å². The van der Waals surface area contributed by atoms with Gasteiger partial charge < -0.3 is 4.74 Å². The lowest BCUT2D eigenvalue weighted by atomic mass is 9.95. The molecule has 1 unspecified atom stereocenters. The van der Waals surface area contributed by atoms with Gasteiger partial charge >= 0.3 is 0 Å². The number of hydrogen-bond acceptors (Lipinski definition) is 2. The number of methoxy groups -OCH3 is 1. The van der Waals surface area contributed by atoms with Crippen LogP contribution in [0.3, 0.4) is 0 Å². The van der Waals surface area contributed by atoms with Gasteiger partial charge in [-0.15, -0.1) is 0 Å². The summed E-state index contributed by atoms with van der Waals surface area (Å²) in [5.41, 5.74) is 0. The van der Waals surface area contributed by atoms with Crippen molar-refractivity contribution in [3.05, 3.63) is 11.8 Å². The van der Waals surface area contributed by atoms with E-state index >= 15 is 0 Å². The van der Waals surface area contributed by atoms with Crippen LogP contribution in [-0.2, 0) is 9.53 Å². The Hall–Kier alpha value is -0.790. The maximum Gasteiger partial charge on any atom is 0.140 e. The van der Waals surface area contributed by atoms with Crippen molar-refractivity contribution in [3.8, 4) is 0 Å². The van der Waals surface area contributed by atoms with Crippen molar-refractivity contribution in [2.45, 2.75) is 19.8 Å². The molecule has 1 atom stereocenters. The second-order valence-electron chi connectivity index (χ2n) is 2.59. The molecule has 2 heteroatoms. The highest BCUT2D eigenvalue weighted by atomic mass is 16.5. The Balaban J connectivity index is 2.65. The highest BCUT2D eigenvalue weighted by molar-refractivity contribution is 5.83. The maximum atomic E-state index is 11.0. The number of carbonyl (C=O) groups is 1. The van der Waals surface area contributed by atoms with E-state index in [4.69, 9.17) is 4.74 Å². The Morgan fingerprint density at radius 2 is 2.30 bits per heavy atom. The topological polar surface area (TPSA) is 26.3 Å². The van der Waals surface area contributed by atoms with Gasteiger partial charge in [0.2, 0.25) is 0 Å². The number of carbonyl (C=O) groups excluding carboxylic acids is 1. The minimum atomic E-state index is 0.0590. The predicted octanol–water partition coefficient (Wildman–Crippen LogP) is 1.52. The first-order valence-electron chi connectivity index (χ1n) is 3.51. The maximum absolute atomic E-state index is 11.0. The van der Waals surface area contributed by atoms with Crippen molar-refractivity contribution in [1.82, 2.24) is 0 Å². The van der Waals surface area contributed by atoms with Crippen molar-refractivity contribution < 1.29 is 9.53 Å². The Labute approximate surface area is 60.9 Å². The van der Waals surface area contributed by atoms with Crippen molar-refractivity contribution >= 4 is 5.78 Å². The summed E-state index contributed by atoms with van der Waals surface area (Å²) in [5.74, 6) is 1.33. The lowest BCUT2D eigenvalue weighted by Crippen LogP contribution is -2.14. The first kappa shape index (κ1) is 7.32. The molecule has 0 aromatic carbocycles. The molecule has 0 bridgehead atoms. The summed E-state index contributed by atoms with van der Waals surface area (Å²) < 4.78 is 5.02. The van der Waals surface area contributed by atoms with Gasteiger partial charge in [0.1, 0.15) is 5.78 Å². The molecule has 10 heavy (non-hydrogen) atoms. The van der Waals surface area contributed by atoms with Crippen LogP contribution in [0.4, 0.5) is 0 Å². The summed E-state index contributed by atoms with van der Waals surface area (Å²) in [7, 11) is 1.65. The van der Waals surface area contributed by atoms with Gasteiger partial charge in [-0.2, -0.15) is 0 Å². The summed E-state index contributed by atoms with van der Waals surface area (Å²) in [6, 6.07) is 0. The smallest absolute Gasteiger partial charge is 0.140 e. The van der Waals surface area contributed by atoms with E-state index in [2.05, 4.69) is 0 Å². The molecule has 0 N–H and O–H groups in total. The van der Waals surface area contributed by atoms with Crippen LogP contribution in [0.15, 0.2) is 11.8 Å². The fourth-order valence-corrected chi connectivity index (χ4v) is 1.10. The van der Waals surface area contributed by atoms with Gasteiger partial charge in [-0.3, -0.25) is 4.79 Å². The second kappa shape index (κ2) is 2.86. The zero-order valence-electron chi connectivity index (χ0n) is 6.39. The van der Waals surface area contributed by atoms with Crippen LogP contribution in [0, 0.1) is 5.92 Å².